The van der Waals surface area contributed by atoms with Gasteiger partial charge in [-0.2, -0.15) is 0 Å². The van der Waals surface area contributed by atoms with Crippen LogP contribution in [0.4, 0.5) is 0 Å². The summed E-state index contributed by atoms with van der Waals surface area (Å²) in [4.78, 5) is 33.3. The molecule has 0 spiro atoms. The van der Waals surface area contributed by atoms with E-state index in [1.807, 2.05) is 61.5 Å². The maximum Gasteiger partial charge on any atom is 0.247 e. The lowest BCUT2D eigenvalue weighted by Gasteiger charge is -2.31. The summed E-state index contributed by atoms with van der Waals surface area (Å²) >= 11 is 0. The van der Waals surface area contributed by atoms with Crippen molar-refractivity contribution in [1.29, 1.82) is 0 Å². The van der Waals surface area contributed by atoms with Crippen LogP contribution < -0.4 is 5.32 Å². The number of benzene rings is 2. The fraction of sp³-hybridized carbons (Fsp3) is 0.179. The van der Waals surface area contributed by atoms with Crippen LogP contribution in [0.3, 0.4) is 0 Å². The van der Waals surface area contributed by atoms with Gasteiger partial charge in [-0.1, -0.05) is 53.2 Å². The third-order valence-electron chi connectivity index (χ3n) is 6.07. The number of amides is 2. The van der Waals surface area contributed by atoms with E-state index < -0.39 is 6.04 Å². The van der Waals surface area contributed by atoms with Crippen LogP contribution in [0.15, 0.2) is 95.9 Å². The Morgan fingerprint density at radius 1 is 1.03 bits per heavy atom. The molecule has 0 bridgehead atoms. The Labute approximate surface area is 213 Å². The molecule has 0 aliphatic carbocycles. The molecule has 9 nitrogen and oxygen atoms in total. The van der Waals surface area contributed by atoms with Crippen LogP contribution in [0.5, 0.6) is 0 Å². The average molecular weight is 495 g/mol. The van der Waals surface area contributed by atoms with Gasteiger partial charge in [-0.3, -0.25) is 14.6 Å². The van der Waals surface area contributed by atoms with Crippen molar-refractivity contribution in [2.24, 2.45) is 0 Å². The molecule has 0 saturated heterocycles. The van der Waals surface area contributed by atoms with Gasteiger partial charge in [0.15, 0.2) is 0 Å². The predicted molar refractivity (Wildman–Crippen MR) is 137 cm³/mol. The number of nitrogens with zero attached hydrogens (tertiary/aromatic N) is 5. The molecule has 5 rings (SSSR count). The third-order valence-corrected chi connectivity index (χ3v) is 6.07. The highest BCUT2D eigenvalue weighted by Crippen LogP contribution is 2.25. The zero-order valence-corrected chi connectivity index (χ0v) is 20.3. The topological polar surface area (TPSA) is 106 Å². The first-order chi connectivity index (χ1) is 18.1. The number of fused-ring (bicyclic) bond motifs is 1. The summed E-state index contributed by atoms with van der Waals surface area (Å²) in [5, 5.41) is 11.3. The molecular weight excluding hydrogens is 468 g/mol. The molecule has 1 N–H and O–H groups in total. The minimum absolute atomic E-state index is 0.0748. The second-order valence-electron chi connectivity index (χ2n) is 8.73. The third kappa shape index (κ3) is 5.56. The van der Waals surface area contributed by atoms with Crippen LogP contribution in [-0.2, 0) is 29.2 Å². The standard InChI is InChI=1S/C28H26N6O3/c1-20-10-12-22(13-11-20)27(28(36)30-17-23-7-5-15-37-23)33(18-21-6-4-14-29-16-21)26(35)19-34-25-9-3-2-8-24(25)31-32-34/h2-16,27H,17-19H2,1H3,(H,30,36)/t27-/m0/s1. The fourth-order valence-corrected chi connectivity index (χ4v) is 4.17. The van der Waals surface area contributed by atoms with E-state index in [2.05, 4.69) is 20.6 Å². The molecule has 0 aliphatic rings. The second kappa shape index (κ2) is 10.9. The Hall–Kier alpha value is -4.79. The number of aromatic nitrogens is 4. The number of rotatable bonds is 9. The number of carbonyl (C=O) groups excluding carboxylic acids is 2. The van der Waals surface area contributed by atoms with E-state index in [9.17, 15) is 9.59 Å². The zero-order chi connectivity index (χ0) is 25.6. The number of para-hydroxylation sites is 1. The lowest BCUT2D eigenvalue weighted by atomic mass is 10.0. The molecular formula is C28H26N6O3. The van der Waals surface area contributed by atoms with Gasteiger partial charge in [0.05, 0.1) is 18.3 Å². The molecule has 0 aliphatic heterocycles. The quantitative estimate of drug-likeness (QED) is 0.334. The van der Waals surface area contributed by atoms with Crippen LogP contribution in [0.25, 0.3) is 11.0 Å². The number of carbonyl (C=O) groups is 2. The largest absolute Gasteiger partial charge is 0.467 e. The van der Waals surface area contributed by atoms with Crippen molar-refractivity contribution in [3.8, 4) is 0 Å². The minimum atomic E-state index is -0.891. The van der Waals surface area contributed by atoms with Crippen molar-refractivity contribution in [3.63, 3.8) is 0 Å². The van der Waals surface area contributed by atoms with E-state index in [0.29, 0.717) is 16.8 Å². The molecule has 0 unspecified atom stereocenters. The van der Waals surface area contributed by atoms with Crippen LogP contribution >= 0.6 is 0 Å². The maximum absolute atomic E-state index is 13.9. The Morgan fingerprint density at radius 2 is 1.86 bits per heavy atom. The molecule has 0 saturated carbocycles. The van der Waals surface area contributed by atoms with Gasteiger partial charge in [0, 0.05) is 18.9 Å². The molecule has 9 heteroatoms. The van der Waals surface area contributed by atoms with Crippen molar-refractivity contribution in [3.05, 3.63) is 114 Å². The van der Waals surface area contributed by atoms with E-state index in [0.717, 1.165) is 16.6 Å². The summed E-state index contributed by atoms with van der Waals surface area (Å²) in [5.74, 6) is 0.0226. The molecule has 2 aromatic carbocycles. The number of hydrogen-bond acceptors (Lipinski definition) is 6. The van der Waals surface area contributed by atoms with Crippen molar-refractivity contribution in [2.75, 3.05) is 0 Å². The summed E-state index contributed by atoms with van der Waals surface area (Å²) in [6.07, 6.45) is 4.92. The molecule has 186 valence electrons. The van der Waals surface area contributed by atoms with Gasteiger partial charge < -0.3 is 14.6 Å². The fourth-order valence-electron chi connectivity index (χ4n) is 4.17. The van der Waals surface area contributed by atoms with Gasteiger partial charge in [-0.15, -0.1) is 5.10 Å². The van der Waals surface area contributed by atoms with Gasteiger partial charge >= 0.3 is 0 Å². The monoisotopic (exact) mass is 494 g/mol. The number of pyridine rings is 1. The number of hydrogen-bond donors (Lipinski definition) is 1. The van der Waals surface area contributed by atoms with Gasteiger partial charge in [0.1, 0.15) is 23.9 Å². The normalized spacial score (nSPS) is 11.8. The van der Waals surface area contributed by atoms with Crippen LogP contribution in [0, 0.1) is 6.92 Å². The minimum Gasteiger partial charge on any atom is -0.467 e. The first-order valence-corrected chi connectivity index (χ1v) is 11.9. The van der Waals surface area contributed by atoms with E-state index in [-0.39, 0.29) is 31.4 Å². The summed E-state index contributed by atoms with van der Waals surface area (Å²) in [7, 11) is 0. The Bertz CT molecular complexity index is 1480. The molecule has 2 amide bonds. The number of furan rings is 1. The SMILES string of the molecule is Cc1ccc([C@@H](C(=O)NCc2ccco2)N(Cc2cccnc2)C(=O)Cn2nnc3ccccc32)cc1. The smallest absolute Gasteiger partial charge is 0.247 e. The Morgan fingerprint density at radius 3 is 2.62 bits per heavy atom. The van der Waals surface area contributed by atoms with Gasteiger partial charge in [0.25, 0.3) is 0 Å². The molecule has 0 fully saturated rings. The highest BCUT2D eigenvalue weighted by atomic mass is 16.3. The number of nitrogens with one attached hydrogen (secondary N) is 1. The molecule has 3 heterocycles. The summed E-state index contributed by atoms with van der Waals surface area (Å²) in [6.45, 7) is 2.29. The number of aryl methyl sites for hydroxylation is 1. The maximum atomic E-state index is 13.9. The zero-order valence-electron chi connectivity index (χ0n) is 20.3. The summed E-state index contributed by atoms with van der Waals surface area (Å²) in [6, 6.07) is 21.4. The Balaban J connectivity index is 1.50. The Kier molecular flexibility index (Phi) is 7.02. The second-order valence-corrected chi connectivity index (χ2v) is 8.73. The van der Waals surface area contributed by atoms with Crippen LogP contribution in [0.1, 0.15) is 28.5 Å². The van der Waals surface area contributed by atoms with Crippen molar-refractivity contribution >= 4 is 22.8 Å². The van der Waals surface area contributed by atoms with Gasteiger partial charge in [-0.25, -0.2) is 4.68 Å². The lowest BCUT2D eigenvalue weighted by molar-refractivity contribution is -0.142. The molecule has 3 aromatic heterocycles. The molecule has 0 radical (unpaired) electrons. The van der Waals surface area contributed by atoms with Gasteiger partial charge in [0.2, 0.25) is 11.8 Å². The van der Waals surface area contributed by atoms with Crippen molar-refractivity contribution in [1.82, 2.24) is 30.2 Å². The van der Waals surface area contributed by atoms with E-state index in [4.69, 9.17) is 4.42 Å². The van der Waals surface area contributed by atoms with E-state index >= 15 is 0 Å². The van der Waals surface area contributed by atoms with E-state index in [1.165, 1.54) is 0 Å². The van der Waals surface area contributed by atoms with Crippen molar-refractivity contribution < 1.29 is 14.0 Å². The first-order valence-electron chi connectivity index (χ1n) is 11.9. The van der Waals surface area contributed by atoms with Crippen molar-refractivity contribution in [2.45, 2.75) is 32.6 Å². The highest BCUT2D eigenvalue weighted by molar-refractivity contribution is 5.89. The first kappa shape index (κ1) is 23.9. The summed E-state index contributed by atoms with van der Waals surface area (Å²) < 4.78 is 6.93. The highest BCUT2D eigenvalue weighted by Gasteiger charge is 2.32. The van der Waals surface area contributed by atoms with Gasteiger partial charge in [-0.05, 0) is 48.4 Å². The lowest BCUT2D eigenvalue weighted by Crippen LogP contribution is -2.44. The van der Waals surface area contributed by atoms with Crippen LogP contribution in [-0.4, -0.2) is 36.7 Å². The van der Waals surface area contributed by atoms with Crippen LogP contribution in [0.2, 0.25) is 0 Å². The molecule has 37 heavy (non-hydrogen) atoms. The molecule has 1 atom stereocenters. The average Bonchev–Trinajstić information content (AvgIpc) is 3.59. The predicted octanol–water partition coefficient (Wildman–Crippen LogP) is 3.81. The summed E-state index contributed by atoms with van der Waals surface area (Å²) in [5.41, 5.74) is 3.99. The molecule has 5 aromatic rings. The van der Waals surface area contributed by atoms with E-state index in [1.54, 1.807) is 46.4 Å².